The number of rotatable bonds is 1. The summed E-state index contributed by atoms with van der Waals surface area (Å²) in [6, 6.07) is 7.80. The summed E-state index contributed by atoms with van der Waals surface area (Å²) < 4.78 is 0. The highest BCUT2D eigenvalue weighted by atomic mass is 16.5. The Labute approximate surface area is 63.6 Å². The number of hydrogen-bond donors (Lipinski definition) is 3. The van der Waals surface area contributed by atoms with Gasteiger partial charge >= 0.3 is 0 Å². The minimum absolute atomic E-state index is 0.639. The Hall–Kier alpha value is -1.48. The van der Waals surface area contributed by atoms with Crippen LogP contribution in [-0.2, 0) is 0 Å². The molecule has 0 radical (unpaired) electrons. The van der Waals surface area contributed by atoms with Gasteiger partial charge in [-0.25, -0.2) is 0 Å². The Morgan fingerprint density at radius 3 is 2.91 bits per heavy atom. The second-order valence-electron chi connectivity index (χ2n) is 2.36. The Bertz CT molecular complexity index is 367. The van der Waals surface area contributed by atoms with Crippen molar-refractivity contribution in [2.75, 3.05) is 5.48 Å². The maximum atomic E-state index is 8.64. The fourth-order valence-corrected chi connectivity index (χ4v) is 1.17. The molecule has 0 aliphatic carbocycles. The second kappa shape index (κ2) is 2.29. The smallest absolute Gasteiger partial charge is 0.135 e. The molecule has 1 aromatic carbocycles. The standard InChI is InChI=1S/C8H8N2O/c11-10-8-7-4-2-1-3-6(7)5-9-8/h1-5,9-11H. The predicted molar refractivity (Wildman–Crippen MR) is 43.7 cm³/mol. The fourth-order valence-electron chi connectivity index (χ4n) is 1.17. The molecule has 0 saturated heterocycles. The lowest BCUT2D eigenvalue weighted by molar-refractivity contribution is 0.387. The van der Waals surface area contributed by atoms with Crippen molar-refractivity contribution in [3.8, 4) is 0 Å². The molecule has 1 heterocycles. The Kier molecular flexibility index (Phi) is 1.30. The van der Waals surface area contributed by atoms with Crippen molar-refractivity contribution in [3.63, 3.8) is 0 Å². The van der Waals surface area contributed by atoms with Crippen LogP contribution in [0.3, 0.4) is 0 Å². The molecule has 2 aromatic rings. The average Bonchev–Trinajstić information content (AvgIpc) is 2.47. The fraction of sp³-hybridized carbons (Fsp3) is 0. The monoisotopic (exact) mass is 148 g/mol. The van der Waals surface area contributed by atoms with E-state index in [1.54, 1.807) is 0 Å². The highest BCUT2D eigenvalue weighted by molar-refractivity contribution is 5.92. The molecule has 0 fully saturated rings. The van der Waals surface area contributed by atoms with Crippen LogP contribution >= 0.6 is 0 Å². The molecule has 0 bridgehead atoms. The number of benzene rings is 1. The summed E-state index contributed by atoms with van der Waals surface area (Å²) in [5, 5.41) is 10.7. The molecule has 0 aliphatic rings. The molecule has 3 heteroatoms. The molecule has 0 atom stereocenters. The maximum Gasteiger partial charge on any atom is 0.135 e. The lowest BCUT2D eigenvalue weighted by atomic mass is 10.2. The Morgan fingerprint density at radius 2 is 2.09 bits per heavy atom. The summed E-state index contributed by atoms with van der Waals surface area (Å²) in [7, 11) is 0. The van der Waals surface area contributed by atoms with Gasteiger partial charge in [0.05, 0.1) is 0 Å². The van der Waals surface area contributed by atoms with E-state index in [-0.39, 0.29) is 0 Å². The van der Waals surface area contributed by atoms with E-state index in [1.165, 1.54) is 0 Å². The first-order chi connectivity index (χ1) is 5.42. The third-order valence-corrected chi connectivity index (χ3v) is 1.71. The zero-order valence-corrected chi connectivity index (χ0v) is 5.83. The van der Waals surface area contributed by atoms with Crippen LogP contribution in [0, 0.1) is 0 Å². The van der Waals surface area contributed by atoms with Gasteiger partial charge in [0.25, 0.3) is 0 Å². The number of fused-ring (bicyclic) bond motifs is 1. The molecule has 0 unspecified atom stereocenters. The van der Waals surface area contributed by atoms with Crippen molar-refractivity contribution >= 4 is 16.6 Å². The zero-order valence-electron chi connectivity index (χ0n) is 5.83. The van der Waals surface area contributed by atoms with Gasteiger partial charge in [0.2, 0.25) is 0 Å². The predicted octanol–water partition coefficient (Wildman–Crippen LogP) is 1.97. The van der Waals surface area contributed by atoms with Crippen LogP contribution in [0.5, 0.6) is 0 Å². The Morgan fingerprint density at radius 1 is 1.27 bits per heavy atom. The number of aromatic nitrogens is 1. The normalized spacial score (nSPS) is 10.3. The maximum absolute atomic E-state index is 8.64. The molecule has 2 rings (SSSR count). The highest BCUT2D eigenvalue weighted by Gasteiger charge is 1.98. The molecular weight excluding hydrogens is 140 g/mol. The first-order valence-corrected chi connectivity index (χ1v) is 3.38. The molecule has 56 valence electrons. The van der Waals surface area contributed by atoms with Crippen LogP contribution in [0.4, 0.5) is 5.82 Å². The van der Waals surface area contributed by atoms with E-state index in [0.29, 0.717) is 5.82 Å². The topological polar surface area (TPSA) is 48.0 Å². The van der Waals surface area contributed by atoms with Gasteiger partial charge in [0.1, 0.15) is 5.82 Å². The molecule has 11 heavy (non-hydrogen) atoms. The van der Waals surface area contributed by atoms with Crippen molar-refractivity contribution < 1.29 is 5.21 Å². The van der Waals surface area contributed by atoms with Gasteiger partial charge in [0.15, 0.2) is 0 Å². The largest absolute Gasteiger partial charge is 0.346 e. The first kappa shape index (κ1) is 6.24. The van der Waals surface area contributed by atoms with Gasteiger partial charge in [-0.3, -0.25) is 10.7 Å². The minimum Gasteiger partial charge on any atom is -0.346 e. The molecule has 0 amide bonds. The van der Waals surface area contributed by atoms with Crippen molar-refractivity contribution in [1.82, 2.24) is 4.98 Å². The van der Waals surface area contributed by atoms with Crippen molar-refractivity contribution in [2.24, 2.45) is 0 Å². The lowest BCUT2D eigenvalue weighted by Gasteiger charge is -1.93. The molecule has 3 nitrogen and oxygen atoms in total. The Balaban J connectivity index is 2.76. The summed E-state index contributed by atoms with van der Waals surface area (Å²) in [5.41, 5.74) is 2.09. The number of hydrogen-bond acceptors (Lipinski definition) is 2. The van der Waals surface area contributed by atoms with Crippen molar-refractivity contribution in [1.29, 1.82) is 0 Å². The second-order valence-corrected chi connectivity index (χ2v) is 2.36. The number of H-pyrrole nitrogens is 1. The van der Waals surface area contributed by atoms with E-state index in [1.807, 2.05) is 30.5 Å². The SMILES string of the molecule is ONc1[nH]cc2ccccc12. The van der Waals surface area contributed by atoms with E-state index < -0.39 is 0 Å². The molecule has 0 spiro atoms. The molecular formula is C8H8N2O. The number of nitrogens with one attached hydrogen (secondary N) is 2. The van der Waals surface area contributed by atoms with Gasteiger partial charge in [-0.05, 0) is 0 Å². The van der Waals surface area contributed by atoms with Crippen molar-refractivity contribution in [3.05, 3.63) is 30.5 Å². The van der Waals surface area contributed by atoms with Gasteiger partial charge in [-0.15, -0.1) is 0 Å². The van der Waals surface area contributed by atoms with E-state index in [2.05, 4.69) is 10.5 Å². The molecule has 0 aliphatic heterocycles. The van der Waals surface area contributed by atoms with Crippen molar-refractivity contribution in [2.45, 2.75) is 0 Å². The van der Waals surface area contributed by atoms with Gasteiger partial charge in [-0.1, -0.05) is 24.3 Å². The third kappa shape index (κ3) is 0.860. The first-order valence-electron chi connectivity index (χ1n) is 3.38. The zero-order chi connectivity index (χ0) is 7.68. The van der Waals surface area contributed by atoms with E-state index >= 15 is 0 Å². The van der Waals surface area contributed by atoms with Crippen LogP contribution in [0.25, 0.3) is 10.8 Å². The summed E-state index contributed by atoms with van der Waals surface area (Å²) in [4.78, 5) is 2.90. The summed E-state index contributed by atoms with van der Waals surface area (Å²) in [6.45, 7) is 0. The minimum atomic E-state index is 0.639. The van der Waals surface area contributed by atoms with Crippen LogP contribution in [0.1, 0.15) is 0 Å². The quantitative estimate of drug-likeness (QED) is 0.541. The van der Waals surface area contributed by atoms with E-state index in [4.69, 9.17) is 5.21 Å². The number of aromatic amines is 1. The average molecular weight is 148 g/mol. The molecule has 3 N–H and O–H groups in total. The summed E-state index contributed by atoms with van der Waals surface area (Å²) in [6.07, 6.45) is 1.84. The van der Waals surface area contributed by atoms with Gasteiger partial charge in [-0.2, -0.15) is 0 Å². The van der Waals surface area contributed by atoms with Gasteiger partial charge < -0.3 is 4.98 Å². The van der Waals surface area contributed by atoms with Crippen LogP contribution in [-0.4, -0.2) is 10.2 Å². The highest BCUT2D eigenvalue weighted by Crippen LogP contribution is 2.20. The van der Waals surface area contributed by atoms with E-state index in [9.17, 15) is 0 Å². The summed E-state index contributed by atoms with van der Waals surface area (Å²) in [5.74, 6) is 0.639. The molecule has 1 aromatic heterocycles. The summed E-state index contributed by atoms with van der Waals surface area (Å²) >= 11 is 0. The van der Waals surface area contributed by atoms with Crippen LogP contribution in [0.15, 0.2) is 30.5 Å². The third-order valence-electron chi connectivity index (χ3n) is 1.71. The molecule has 0 saturated carbocycles. The van der Waals surface area contributed by atoms with Crippen LogP contribution < -0.4 is 5.48 Å². The lowest BCUT2D eigenvalue weighted by Crippen LogP contribution is -1.87. The van der Waals surface area contributed by atoms with Crippen LogP contribution in [0.2, 0.25) is 0 Å². The number of anilines is 1. The van der Waals surface area contributed by atoms with E-state index in [0.717, 1.165) is 10.8 Å². The van der Waals surface area contributed by atoms with Gasteiger partial charge in [0, 0.05) is 17.0 Å².